The van der Waals surface area contributed by atoms with Gasteiger partial charge in [-0.3, -0.25) is 4.79 Å². The van der Waals surface area contributed by atoms with Gasteiger partial charge in [0.2, 0.25) is 5.91 Å². The minimum atomic E-state index is -1.02. The lowest BCUT2D eigenvalue weighted by Gasteiger charge is -2.42. The van der Waals surface area contributed by atoms with E-state index in [0.717, 1.165) is 19.3 Å². The number of aryl methyl sites for hydroxylation is 1. The Hall–Kier alpha value is -2.04. The molecule has 1 saturated carbocycles. The van der Waals surface area contributed by atoms with Crippen LogP contribution in [-0.4, -0.2) is 28.9 Å². The smallest absolute Gasteiger partial charge is 0.339 e. The lowest BCUT2D eigenvalue weighted by Crippen LogP contribution is -2.45. The average Bonchev–Trinajstić information content (AvgIpc) is 2.74. The summed E-state index contributed by atoms with van der Waals surface area (Å²) in [5, 5.41) is 9.02. The number of furan rings is 1. The largest absolute Gasteiger partial charge is 0.478 e. The fraction of sp³-hybridized carbons (Fsp3) is 0.500. The van der Waals surface area contributed by atoms with E-state index in [-0.39, 0.29) is 23.4 Å². The van der Waals surface area contributed by atoms with Gasteiger partial charge >= 0.3 is 5.97 Å². The van der Waals surface area contributed by atoms with Crippen molar-refractivity contribution in [3.8, 4) is 0 Å². The quantitative estimate of drug-likeness (QED) is 0.818. The van der Waals surface area contributed by atoms with Gasteiger partial charge in [0.1, 0.15) is 17.1 Å². The van der Waals surface area contributed by atoms with Gasteiger partial charge in [0.15, 0.2) is 0 Å². The average molecular weight is 291 g/mol. The standard InChI is InChI=1S/C16H21NO4/c1-4-6-16(7-5-8-16)15(20)17(3)10-12-9-13(14(18)19)11(2)21-12/h4,9H,1,5-8,10H2,2-3H3,(H,18,19). The minimum absolute atomic E-state index is 0.0829. The Morgan fingerprint density at radius 3 is 2.62 bits per heavy atom. The summed E-state index contributed by atoms with van der Waals surface area (Å²) >= 11 is 0. The molecule has 0 bridgehead atoms. The summed E-state index contributed by atoms with van der Waals surface area (Å²) in [7, 11) is 1.73. The number of carboxylic acid groups (broad SMARTS) is 1. The Balaban J connectivity index is 2.08. The van der Waals surface area contributed by atoms with Crippen molar-refractivity contribution in [2.45, 2.75) is 39.2 Å². The number of amides is 1. The van der Waals surface area contributed by atoms with E-state index in [0.29, 0.717) is 17.9 Å². The van der Waals surface area contributed by atoms with Crippen LogP contribution in [-0.2, 0) is 11.3 Å². The van der Waals surface area contributed by atoms with Gasteiger partial charge in [0.25, 0.3) is 0 Å². The van der Waals surface area contributed by atoms with Gasteiger partial charge in [-0.2, -0.15) is 0 Å². The van der Waals surface area contributed by atoms with E-state index < -0.39 is 5.97 Å². The Bertz CT molecular complexity index is 569. The summed E-state index contributed by atoms with van der Waals surface area (Å²) in [6.45, 7) is 5.63. The third kappa shape index (κ3) is 2.86. The van der Waals surface area contributed by atoms with E-state index >= 15 is 0 Å². The summed E-state index contributed by atoms with van der Waals surface area (Å²) in [5.41, 5.74) is -0.163. The highest BCUT2D eigenvalue weighted by Crippen LogP contribution is 2.45. The third-order valence-corrected chi connectivity index (χ3v) is 4.24. The molecule has 1 fully saturated rings. The summed E-state index contributed by atoms with van der Waals surface area (Å²) in [4.78, 5) is 25.2. The Morgan fingerprint density at radius 2 is 2.19 bits per heavy atom. The Labute approximate surface area is 124 Å². The number of carbonyl (C=O) groups is 2. The van der Waals surface area contributed by atoms with Crippen molar-refractivity contribution in [1.82, 2.24) is 4.90 Å². The molecule has 0 aliphatic heterocycles. The first-order valence-electron chi connectivity index (χ1n) is 7.09. The molecule has 1 N–H and O–H groups in total. The molecule has 114 valence electrons. The number of hydrogen-bond donors (Lipinski definition) is 1. The van der Waals surface area contributed by atoms with Gasteiger partial charge in [0.05, 0.1) is 12.0 Å². The van der Waals surface area contributed by atoms with Crippen molar-refractivity contribution in [3.63, 3.8) is 0 Å². The third-order valence-electron chi connectivity index (χ3n) is 4.24. The van der Waals surface area contributed by atoms with Crippen LogP contribution in [0.25, 0.3) is 0 Å². The molecular weight excluding hydrogens is 270 g/mol. The van der Waals surface area contributed by atoms with Gasteiger partial charge in [0, 0.05) is 7.05 Å². The normalized spacial score (nSPS) is 16.1. The second-order valence-corrected chi connectivity index (χ2v) is 5.78. The molecule has 0 saturated heterocycles. The van der Waals surface area contributed by atoms with Crippen LogP contribution in [0.2, 0.25) is 0 Å². The minimum Gasteiger partial charge on any atom is -0.478 e. The monoisotopic (exact) mass is 291 g/mol. The highest BCUT2D eigenvalue weighted by molar-refractivity contribution is 5.89. The van der Waals surface area contributed by atoms with Crippen LogP contribution < -0.4 is 0 Å². The summed E-state index contributed by atoms with van der Waals surface area (Å²) in [5.74, 6) is -0.0743. The van der Waals surface area contributed by atoms with Crippen LogP contribution in [0.3, 0.4) is 0 Å². The van der Waals surface area contributed by atoms with Gasteiger partial charge < -0.3 is 14.4 Å². The molecule has 1 amide bonds. The second kappa shape index (κ2) is 5.76. The van der Waals surface area contributed by atoms with E-state index in [9.17, 15) is 9.59 Å². The van der Waals surface area contributed by atoms with Crippen molar-refractivity contribution in [2.24, 2.45) is 5.41 Å². The predicted octanol–water partition coefficient (Wildman–Crippen LogP) is 2.99. The molecule has 1 aliphatic carbocycles. The topological polar surface area (TPSA) is 70.8 Å². The van der Waals surface area contributed by atoms with E-state index in [1.54, 1.807) is 24.9 Å². The van der Waals surface area contributed by atoms with Crippen molar-refractivity contribution in [1.29, 1.82) is 0 Å². The molecule has 1 aromatic heterocycles. The van der Waals surface area contributed by atoms with Crippen LogP contribution in [0, 0.1) is 12.3 Å². The maximum absolute atomic E-state index is 12.6. The maximum atomic E-state index is 12.6. The van der Waals surface area contributed by atoms with Crippen molar-refractivity contribution >= 4 is 11.9 Å². The van der Waals surface area contributed by atoms with Crippen LogP contribution in [0.1, 0.15) is 47.6 Å². The number of carboxylic acids is 1. The molecule has 0 radical (unpaired) electrons. The Kier molecular flexibility index (Phi) is 4.21. The van der Waals surface area contributed by atoms with Crippen molar-refractivity contribution in [3.05, 3.63) is 35.8 Å². The van der Waals surface area contributed by atoms with Crippen LogP contribution in [0.4, 0.5) is 0 Å². The van der Waals surface area contributed by atoms with Gasteiger partial charge in [-0.15, -0.1) is 6.58 Å². The lowest BCUT2D eigenvalue weighted by atomic mass is 9.65. The first-order valence-corrected chi connectivity index (χ1v) is 7.09. The van der Waals surface area contributed by atoms with Gasteiger partial charge in [-0.25, -0.2) is 4.79 Å². The van der Waals surface area contributed by atoms with Crippen molar-refractivity contribution in [2.75, 3.05) is 7.05 Å². The summed E-state index contributed by atoms with van der Waals surface area (Å²) < 4.78 is 5.43. The zero-order valence-corrected chi connectivity index (χ0v) is 12.5. The molecule has 21 heavy (non-hydrogen) atoms. The number of allylic oxidation sites excluding steroid dienone is 1. The molecule has 0 spiro atoms. The number of nitrogens with zero attached hydrogens (tertiary/aromatic N) is 1. The fourth-order valence-electron chi connectivity index (χ4n) is 2.93. The van der Waals surface area contributed by atoms with Crippen molar-refractivity contribution < 1.29 is 19.1 Å². The molecule has 2 rings (SSSR count). The predicted molar refractivity (Wildman–Crippen MR) is 78.0 cm³/mol. The number of carbonyl (C=O) groups excluding carboxylic acids is 1. The molecule has 0 aromatic carbocycles. The number of hydrogen-bond acceptors (Lipinski definition) is 3. The molecule has 0 atom stereocenters. The van der Waals surface area contributed by atoms with E-state index in [4.69, 9.17) is 9.52 Å². The first-order chi connectivity index (χ1) is 9.89. The molecule has 1 heterocycles. The first kappa shape index (κ1) is 15.4. The lowest BCUT2D eigenvalue weighted by molar-refractivity contribution is -0.146. The molecule has 0 unspecified atom stereocenters. The highest BCUT2D eigenvalue weighted by atomic mass is 16.4. The molecule has 1 aliphatic rings. The van der Waals surface area contributed by atoms with Gasteiger partial charge in [-0.1, -0.05) is 12.5 Å². The SMILES string of the molecule is C=CCC1(C(=O)N(C)Cc2cc(C(=O)O)c(C)o2)CCC1. The molecule has 5 heteroatoms. The van der Waals surface area contributed by atoms with Gasteiger partial charge in [-0.05, 0) is 32.3 Å². The zero-order valence-electron chi connectivity index (χ0n) is 12.5. The number of rotatable bonds is 6. The van der Waals surface area contributed by atoms with Crippen LogP contribution in [0.5, 0.6) is 0 Å². The highest BCUT2D eigenvalue weighted by Gasteiger charge is 2.44. The Morgan fingerprint density at radius 1 is 1.52 bits per heavy atom. The molecule has 5 nitrogen and oxygen atoms in total. The van der Waals surface area contributed by atoms with Crippen LogP contribution >= 0.6 is 0 Å². The zero-order chi connectivity index (χ0) is 15.6. The molecular formula is C16H21NO4. The summed E-state index contributed by atoms with van der Waals surface area (Å²) in [6, 6.07) is 1.49. The fourth-order valence-corrected chi connectivity index (χ4v) is 2.93. The second-order valence-electron chi connectivity index (χ2n) is 5.78. The van der Waals surface area contributed by atoms with E-state index in [1.807, 2.05) is 0 Å². The van der Waals surface area contributed by atoms with E-state index in [1.165, 1.54) is 6.07 Å². The number of aromatic carboxylic acids is 1. The van der Waals surface area contributed by atoms with Crippen LogP contribution in [0.15, 0.2) is 23.1 Å². The molecule has 1 aromatic rings. The van der Waals surface area contributed by atoms with E-state index in [2.05, 4.69) is 6.58 Å². The maximum Gasteiger partial charge on any atom is 0.339 e. The summed E-state index contributed by atoms with van der Waals surface area (Å²) in [6.07, 6.45) is 5.33.